The first-order chi connectivity index (χ1) is 11.8. The molecule has 0 aromatic carbocycles. The highest BCUT2D eigenvalue weighted by atomic mass is 16.2. The predicted octanol–water partition coefficient (Wildman–Crippen LogP) is 1.11. The largest absolute Gasteiger partial charge is 0.337 e. The zero-order valence-electron chi connectivity index (χ0n) is 13.6. The fourth-order valence-electron chi connectivity index (χ4n) is 3.32. The van der Waals surface area contributed by atoms with E-state index in [0.29, 0.717) is 18.8 Å². The topological polar surface area (TPSA) is 75.1 Å². The number of carbonyl (C=O) groups is 1. The highest BCUT2D eigenvalue weighted by molar-refractivity contribution is 5.92. The zero-order chi connectivity index (χ0) is 16.4. The zero-order valence-corrected chi connectivity index (χ0v) is 13.6. The average Bonchev–Trinajstić information content (AvgIpc) is 2.68. The van der Waals surface area contributed by atoms with E-state index >= 15 is 0 Å². The van der Waals surface area contributed by atoms with Crippen LogP contribution in [0, 0.1) is 0 Å². The van der Waals surface area contributed by atoms with Gasteiger partial charge in [-0.2, -0.15) is 5.10 Å². The number of rotatable bonds is 2. The number of hydrogen-bond acceptors (Lipinski definition) is 6. The van der Waals surface area contributed by atoms with Crippen LogP contribution in [0.2, 0.25) is 0 Å². The number of fused-ring (bicyclic) bond motifs is 1. The van der Waals surface area contributed by atoms with E-state index in [9.17, 15) is 4.79 Å². The van der Waals surface area contributed by atoms with Crippen molar-refractivity contribution in [3.8, 4) is 0 Å². The van der Waals surface area contributed by atoms with E-state index in [1.165, 1.54) is 18.4 Å². The Morgan fingerprint density at radius 2 is 1.71 bits per heavy atom. The Kier molecular flexibility index (Phi) is 4.06. The van der Waals surface area contributed by atoms with E-state index in [2.05, 4.69) is 25.1 Å². The van der Waals surface area contributed by atoms with Gasteiger partial charge < -0.3 is 9.80 Å². The van der Waals surface area contributed by atoms with E-state index in [1.807, 2.05) is 11.0 Å². The maximum absolute atomic E-state index is 12.7. The van der Waals surface area contributed by atoms with Crippen molar-refractivity contribution in [2.75, 3.05) is 31.1 Å². The van der Waals surface area contributed by atoms with Crippen molar-refractivity contribution >= 4 is 11.9 Å². The molecule has 0 spiro atoms. The van der Waals surface area contributed by atoms with Crippen LogP contribution in [0.3, 0.4) is 0 Å². The maximum atomic E-state index is 12.7. The molecule has 1 amide bonds. The average molecular weight is 324 g/mol. The number of anilines is 1. The van der Waals surface area contributed by atoms with Crippen LogP contribution >= 0.6 is 0 Å². The van der Waals surface area contributed by atoms with Gasteiger partial charge in [0.1, 0.15) is 0 Å². The second-order valence-electron chi connectivity index (χ2n) is 6.24. The van der Waals surface area contributed by atoms with Crippen LogP contribution in [0.25, 0.3) is 0 Å². The van der Waals surface area contributed by atoms with Gasteiger partial charge in [-0.15, -0.1) is 5.10 Å². The smallest absolute Gasteiger partial charge is 0.274 e. The summed E-state index contributed by atoms with van der Waals surface area (Å²) in [5.41, 5.74) is 2.72. The number of amides is 1. The predicted molar refractivity (Wildman–Crippen MR) is 88.8 cm³/mol. The summed E-state index contributed by atoms with van der Waals surface area (Å²) in [5.74, 6) is 0.697. The standard InChI is InChI=1S/C17H20N6O/c24-16(15-12-13-4-1-2-5-14(13)20-21-15)22-8-10-23(11-9-22)17-18-6-3-7-19-17/h3,6-7,12H,1-2,4-5,8-11H2. The number of nitrogens with zero attached hydrogens (tertiary/aromatic N) is 6. The fraction of sp³-hybridized carbons (Fsp3) is 0.471. The summed E-state index contributed by atoms with van der Waals surface area (Å²) >= 11 is 0. The lowest BCUT2D eigenvalue weighted by Crippen LogP contribution is -2.49. The van der Waals surface area contributed by atoms with Gasteiger partial charge in [-0.05, 0) is 43.4 Å². The van der Waals surface area contributed by atoms with Crippen LogP contribution in [0.15, 0.2) is 24.5 Å². The van der Waals surface area contributed by atoms with Crippen LogP contribution in [0.4, 0.5) is 5.95 Å². The molecule has 1 fully saturated rings. The molecule has 0 radical (unpaired) electrons. The summed E-state index contributed by atoms with van der Waals surface area (Å²) in [6.45, 7) is 2.76. The van der Waals surface area contributed by atoms with Gasteiger partial charge in [0.05, 0.1) is 5.69 Å². The molecular formula is C17H20N6O. The van der Waals surface area contributed by atoms with Crippen LogP contribution in [0.5, 0.6) is 0 Å². The van der Waals surface area contributed by atoms with Crippen LogP contribution in [-0.2, 0) is 12.8 Å². The molecule has 2 aromatic heterocycles. The minimum Gasteiger partial charge on any atom is -0.337 e. The number of hydrogen-bond donors (Lipinski definition) is 0. The highest BCUT2D eigenvalue weighted by Gasteiger charge is 2.25. The Bertz CT molecular complexity index is 727. The maximum Gasteiger partial charge on any atom is 0.274 e. The first kappa shape index (κ1) is 15.0. The van der Waals surface area contributed by atoms with Gasteiger partial charge in [0, 0.05) is 38.6 Å². The molecular weight excluding hydrogens is 304 g/mol. The normalized spacial score (nSPS) is 17.5. The van der Waals surface area contributed by atoms with Gasteiger partial charge in [-0.25, -0.2) is 9.97 Å². The van der Waals surface area contributed by atoms with Gasteiger partial charge in [-0.3, -0.25) is 4.79 Å². The molecule has 0 saturated carbocycles. The molecule has 2 aliphatic rings. The molecule has 3 heterocycles. The number of aromatic nitrogens is 4. The van der Waals surface area contributed by atoms with Gasteiger partial charge in [0.2, 0.25) is 5.95 Å². The summed E-state index contributed by atoms with van der Waals surface area (Å²) in [5, 5.41) is 8.43. The molecule has 1 aliphatic carbocycles. The van der Waals surface area contributed by atoms with Gasteiger partial charge in [-0.1, -0.05) is 0 Å². The lowest BCUT2D eigenvalue weighted by Gasteiger charge is -2.34. The second-order valence-corrected chi connectivity index (χ2v) is 6.24. The summed E-state index contributed by atoms with van der Waals surface area (Å²) in [6, 6.07) is 3.74. The van der Waals surface area contributed by atoms with Crippen molar-refractivity contribution < 1.29 is 4.79 Å². The molecule has 0 atom stereocenters. The molecule has 4 rings (SSSR count). The molecule has 0 N–H and O–H groups in total. The third-order valence-corrected chi connectivity index (χ3v) is 4.69. The summed E-state index contributed by atoms with van der Waals surface area (Å²) < 4.78 is 0. The molecule has 0 unspecified atom stereocenters. The Morgan fingerprint density at radius 3 is 2.50 bits per heavy atom. The molecule has 2 aromatic rings. The van der Waals surface area contributed by atoms with Crippen molar-refractivity contribution in [2.45, 2.75) is 25.7 Å². The minimum absolute atomic E-state index is 0.0236. The SMILES string of the molecule is O=C(c1cc2c(nn1)CCCC2)N1CCN(c2ncccn2)CC1. The van der Waals surface area contributed by atoms with E-state index in [-0.39, 0.29) is 5.91 Å². The first-order valence-corrected chi connectivity index (χ1v) is 8.48. The molecule has 24 heavy (non-hydrogen) atoms. The lowest BCUT2D eigenvalue weighted by molar-refractivity contribution is 0.0739. The number of carbonyl (C=O) groups excluding carboxylic acids is 1. The Labute approximate surface area is 140 Å². The van der Waals surface area contributed by atoms with Gasteiger partial charge >= 0.3 is 0 Å². The van der Waals surface area contributed by atoms with Crippen molar-refractivity contribution in [1.82, 2.24) is 25.1 Å². The molecule has 0 bridgehead atoms. The molecule has 7 nitrogen and oxygen atoms in total. The summed E-state index contributed by atoms with van der Waals surface area (Å²) in [6.07, 6.45) is 7.79. The molecule has 1 saturated heterocycles. The summed E-state index contributed by atoms with van der Waals surface area (Å²) in [7, 11) is 0. The quantitative estimate of drug-likeness (QED) is 0.824. The van der Waals surface area contributed by atoms with E-state index in [0.717, 1.165) is 37.6 Å². The van der Waals surface area contributed by atoms with Crippen LogP contribution in [0.1, 0.15) is 34.6 Å². The molecule has 124 valence electrons. The van der Waals surface area contributed by atoms with E-state index < -0.39 is 0 Å². The van der Waals surface area contributed by atoms with Crippen molar-refractivity contribution in [3.63, 3.8) is 0 Å². The van der Waals surface area contributed by atoms with Crippen molar-refractivity contribution in [1.29, 1.82) is 0 Å². The third-order valence-electron chi connectivity index (χ3n) is 4.69. The molecule has 1 aliphatic heterocycles. The molecule has 7 heteroatoms. The highest BCUT2D eigenvalue weighted by Crippen LogP contribution is 2.20. The minimum atomic E-state index is -0.0236. The van der Waals surface area contributed by atoms with E-state index in [1.54, 1.807) is 18.5 Å². The number of aryl methyl sites for hydroxylation is 2. The van der Waals surface area contributed by atoms with Gasteiger partial charge in [0.15, 0.2) is 5.69 Å². The fourth-order valence-corrected chi connectivity index (χ4v) is 3.32. The van der Waals surface area contributed by atoms with Crippen LogP contribution < -0.4 is 4.90 Å². The third kappa shape index (κ3) is 2.93. The second kappa shape index (κ2) is 6.51. The van der Waals surface area contributed by atoms with Crippen LogP contribution in [-0.4, -0.2) is 57.2 Å². The monoisotopic (exact) mass is 324 g/mol. The Balaban J connectivity index is 1.43. The number of piperazine rings is 1. The Morgan fingerprint density at radius 1 is 0.958 bits per heavy atom. The first-order valence-electron chi connectivity index (χ1n) is 8.48. The Hall–Kier alpha value is -2.57. The van der Waals surface area contributed by atoms with Gasteiger partial charge in [0.25, 0.3) is 5.91 Å². The van der Waals surface area contributed by atoms with Crippen molar-refractivity contribution in [2.24, 2.45) is 0 Å². The van der Waals surface area contributed by atoms with E-state index in [4.69, 9.17) is 0 Å². The summed E-state index contributed by atoms with van der Waals surface area (Å²) in [4.78, 5) is 25.2. The van der Waals surface area contributed by atoms with Crippen molar-refractivity contribution in [3.05, 3.63) is 41.5 Å². The lowest BCUT2D eigenvalue weighted by atomic mass is 9.96.